The number of aryl methyl sites for hydroxylation is 1. The SMILES string of the molecule is Cc1ccnc(N)c1C1CCCCC(N)C1. The van der Waals surface area contributed by atoms with Crippen molar-refractivity contribution in [1.29, 1.82) is 0 Å². The largest absolute Gasteiger partial charge is 0.383 e. The first-order valence-electron chi connectivity index (χ1n) is 6.15. The maximum atomic E-state index is 6.10. The standard InChI is InChI=1S/C13H21N3/c1-9-6-7-16-13(15)12(9)10-4-2-3-5-11(14)8-10/h6-7,10-11H,2-5,8,14H2,1H3,(H2,15,16). The van der Waals surface area contributed by atoms with Gasteiger partial charge in [-0.3, -0.25) is 0 Å². The Kier molecular flexibility index (Phi) is 3.44. The van der Waals surface area contributed by atoms with Gasteiger partial charge in [0.2, 0.25) is 0 Å². The molecule has 1 heterocycles. The molecule has 88 valence electrons. The minimum Gasteiger partial charge on any atom is -0.383 e. The van der Waals surface area contributed by atoms with Crippen LogP contribution in [0.5, 0.6) is 0 Å². The smallest absolute Gasteiger partial charge is 0.127 e. The monoisotopic (exact) mass is 219 g/mol. The molecule has 1 saturated carbocycles. The van der Waals surface area contributed by atoms with Crippen LogP contribution in [0.25, 0.3) is 0 Å². The molecule has 1 fully saturated rings. The first kappa shape index (κ1) is 11.4. The number of rotatable bonds is 1. The molecule has 4 N–H and O–H groups in total. The first-order chi connectivity index (χ1) is 7.68. The second-order valence-corrected chi connectivity index (χ2v) is 4.90. The van der Waals surface area contributed by atoms with Crippen LogP contribution in [-0.4, -0.2) is 11.0 Å². The van der Waals surface area contributed by atoms with Gasteiger partial charge < -0.3 is 11.5 Å². The van der Waals surface area contributed by atoms with Crippen LogP contribution in [0.4, 0.5) is 5.82 Å². The van der Waals surface area contributed by atoms with Gasteiger partial charge in [-0.25, -0.2) is 4.98 Å². The first-order valence-corrected chi connectivity index (χ1v) is 6.15. The zero-order chi connectivity index (χ0) is 11.5. The van der Waals surface area contributed by atoms with Gasteiger partial charge >= 0.3 is 0 Å². The van der Waals surface area contributed by atoms with E-state index in [0.29, 0.717) is 17.8 Å². The summed E-state index contributed by atoms with van der Waals surface area (Å²) in [6.07, 6.45) is 7.69. The summed E-state index contributed by atoms with van der Waals surface area (Å²) < 4.78 is 0. The number of aromatic nitrogens is 1. The summed E-state index contributed by atoms with van der Waals surface area (Å²) in [5.41, 5.74) is 14.6. The van der Waals surface area contributed by atoms with Gasteiger partial charge in [-0.1, -0.05) is 12.8 Å². The lowest BCUT2D eigenvalue weighted by Gasteiger charge is -2.20. The Bertz CT molecular complexity index is 342. The molecular weight excluding hydrogens is 198 g/mol. The van der Waals surface area contributed by atoms with E-state index in [-0.39, 0.29) is 0 Å². The minimum absolute atomic E-state index is 0.325. The van der Waals surface area contributed by atoms with Crippen molar-refractivity contribution in [2.75, 3.05) is 5.73 Å². The summed E-state index contributed by atoms with van der Waals surface area (Å²) in [6.45, 7) is 2.11. The third kappa shape index (κ3) is 2.35. The lowest BCUT2D eigenvalue weighted by molar-refractivity contribution is 0.534. The Labute approximate surface area is 97.2 Å². The minimum atomic E-state index is 0.325. The van der Waals surface area contributed by atoms with E-state index in [0.717, 1.165) is 12.8 Å². The molecule has 16 heavy (non-hydrogen) atoms. The van der Waals surface area contributed by atoms with Gasteiger partial charge in [-0.05, 0) is 43.7 Å². The maximum absolute atomic E-state index is 6.10. The van der Waals surface area contributed by atoms with Crippen LogP contribution in [0.3, 0.4) is 0 Å². The summed E-state index contributed by atoms with van der Waals surface area (Å²) >= 11 is 0. The van der Waals surface area contributed by atoms with E-state index in [1.165, 1.54) is 30.4 Å². The molecule has 3 nitrogen and oxygen atoms in total. The molecule has 2 rings (SSSR count). The molecule has 1 aliphatic rings. The Balaban J connectivity index is 2.28. The van der Waals surface area contributed by atoms with Crippen LogP contribution in [0, 0.1) is 6.92 Å². The fraction of sp³-hybridized carbons (Fsp3) is 0.615. The molecule has 2 atom stereocenters. The van der Waals surface area contributed by atoms with E-state index < -0.39 is 0 Å². The van der Waals surface area contributed by atoms with Crippen molar-refractivity contribution in [3.8, 4) is 0 Å². The number of nitrogen functional groups attached to an aromatic ring is 1. The summed E-state index contributed by atoms with van der Waals surface area (Å²) in [4.78, 5) is 4.21. The van der Waals surface area contributed by atoms with Crippen LogP contribution in [0.2, 0.25) is 0 Å². The fourth-order valence-electron chi connectivity index (χ4n) is 2.78. The van der Waals surface area contributed by atoms with Crippen molar-refractivity contribution in [2.45, 2.75) is 51.0 Å². The summed E-state index contributed by atoms with van der Waals surface area (Å²) in [5, 5.41) is 0. The third-order valence-electron chi connectivity index (χ3n) is 3.61. The normalized spacial score (nSPS) is 26.4. The van der Waals surface area contributed by atoms with Crippen LogP contribution in [-0.2, 0) is 0 Å². The molecule has 0 saturated heterocycles. The van der Waals surface area contributed by atoms with Gasteiger partial charge in [0.1, 0.15) is 5.82 Å². The number of nitrogens with zero attached hydrogens (tertiary/aromatic N) is 1. The highest BCUT2D eigenvalue weighted by Crippen LogP contribution is 2.35. The molecule has 0 aromatic carbocycles. The zero-order valence-corrected chi connectivity index (χ0v) is 9.95. The van der Waals surface area contributed by atoms with Gasteiger partial charge in [-0.2, -0.15) is 0 Å². The highest BCUT2D eigenvalue weighted by molar-refractivity contribution is 5.46. The van der Waals surface area contributed by atoms with Gasteiger partial charge in [0, 0.05) is 17.8 Å². The highest BCUT2D eigenvalue weighted by Gasteiger charge is 2.22. The van der Waals surface area contributed by atoms with Crippen LogP contribution in [0.1, 0.15) is 49.1 Å². The van der Waals surface area contributed by atoms with Crippen molar-refractivity contribution in [3.63, 3.8) is 0 Å². The zero-order valence-electron chi connectivity index (χ0n) is 9.95. The summed E-state index contributed by atoms with van der Waals surface area (Å²) in [6, 6.07) is 2.37. The third-order valence-corrected chi connectivity index (χ3v) is 3.61. The lowest BCUT2D eigenvalue weighted by atomic mass is 9.88. The topological polar surface area (TPSA) is 64.9 Å². The van der Waals surface area contributed by atoms with Gasteiger partial charge in [-0.15, -0.1) is 0 Å². The molecule has 0 bridgehead atoms. The highest BCUT2D eigenvalue weighted by atomic mass is 14.8. The average molecular weight is 219 g/mol. The molecule has 1 aliphatic carbocycles. The molecule has 1 aromatic rings. The summed E-state index contributed by atoms with van der Waals surface area (Å²) in [5.74, 6) is 1.20. The molecule has 3 heteroatoms. The molecule has 0 spiro atoms. The van der Waals surface area contributed by atoms with Crippen molar-refractivity contribution >= 4 is 5.82 Å². The average Bonchev–Trinajstić information content (AvgIpc) is 2.43. The van der Waals surface area contributed by atoms with Gasteiger partial charge in [0.25, 0.3) is 0 Å². The predicted octanol–water partition coefficient (Wildman–Crippen LogP) is 2.35. The second-order valence-electron chi connectivity index (χ2n) is 4.90. The van der Waals surface area contributed by atoms with E-state index in [1.807, 2.05) is 6.07 Å². The molecular formula is C13H21N3. The van der Waals surface area contributed by atoms with Crippen molar-refractivity contribution in [3.05, 3.63) is 23.4 Å². The number of pyridine rings is 1. The van der Waals surface area contributed by atoms with Gasteiger partial charge in [0.15, 0.2) is 0 Å². The number of hydrogen-bond donors (Lipinski definition) is 2. The van der Waals surface area contributed by atoms with E-state index >= 15 is 0 Å². The van der Waals surface area contributed by atoms with E-state index in [4.69, 9.17) is 11.5 Å². The quantitative estimate of drug-likeness (QED) is 0.712. The van der Waals surface area contributed by atoms with Gasteiger partial charge in [0.05, 0.1) is 0 Å². The fourth-order valence-corrected chi connectivity index (χ4v) is 2.78. The Hall–Kier alpha value is -1.09. The van der Waals surface area contributed by atoms with Crippen LogP contribution >= 0.6 is 0 Å². The number of anilines is 1. The van der Waals surface area contributed by atoms with Crippen LogP contribution < -0.4 is 11.5 Å². The molecule has 0 radical (unpaired) electrons. The second kappa shape index (κ2) is 4.83. The Morgan fingerprint density at radius 3 is 2.81 bits per heavy atom. The van der Waals surface area contributed by atoms with E-state index in [9.17, 15) is 0 Å². The number of nitrogens with two attached hydrogens (primary N) is 2. The van der Waals surface area contributed by atoms with Crippen molar-refractivity contribution in [1.82, 2.24) is 4.98 Å². The molecule has 0 amide bonds. The van der Waals surface area contributed by atoms with E-state index in [2.05, 4.69) is 11.9 Å². The van der Waals surface area contributed by atoms with Crippen molar-refractivity contribution < 1.29 is 0 Å². The number of hydrogen-bond acceptors (Lipinski definition) is 3. The Morgan fingerprint density at radius 2 is 2.06 bits per heavy atom. The molecule has 0 aliphatic heterocycles. The maximum Gasteiger partial charge on any atom is 0.127 e. The Morgan fingerprint density at radius 1 is 1.31 bits per heavy atom. The molecule has 1 aromatic heterocycles. The van der Waals surface area contributed by atoms with Crippen LogP contribution in [0.15, 0.2) is 12.3 Å². The summed E-state index contributed by atoms with van der Waals surface area (Å²) in [7, 11) is 0. The predicted molar refractivity (Wildman–Crippen MR) is 67.2 cm³/mol. The lowest BCUT2D eigenvalue weighted by Crippen LogP contribution is -2.21. The molecule has 2 unspecified atom stereocenters. The van der Waals surface area contributed by atoms with Crippen molar-refractivity contribution in [2.24, 2.45) is 5.73 Å². The van der Waals surface area contributed by atoms with E-state index in [1.54, 1.807) is 6.20 Å².